The molecule has 0 saturated heterocycles. The van der Waals surface area contributed by atoms with Gasteiger partial charge in [-0.1, -0.05) is 11.6 Å². The molecule has 0 aliphatic heterocycles. The molecule has 0 unspecified atom stereocenters. The third kappa shape index (κ3) is 2.43. The summed E-state index contributed by atoms with van der Waals surface area (Å²) in [5.74, 6) is -1.91. The maximum atomic E-state index is 13.1. The lowest BCUT2D eigenvalue weighted by molar-refractivity contribution is 0.509. The number of nitrogens with two attached hydrogens (primary N) is 1. The third-order valence-corrected chi connectivity index (χ3v) is 2.66. The molecule has 0 spiro atoms. The number of aromatic nitrogens is 1. The molecule has 2 N–H and O–H groups in total. The first-order chi connectivity index (χ1) is 8.11. The molecular weight excluding hydrogens is 246 g/mol. The molecule has 0 atom stereocenters. The Morgan fingerprint density at radius 1 is 1.12 bits per heavy atom. The van der Waals surface area contributed by atoms with E-state index in [9.17, 15) is 8.78 Å². The van der Waals surface area contributed by atoms with E-state index in [0.29, 0.717) is 17.7 Å². The molecule has 0 aliphatic carbocycles. The van der Waals surface area contributed by atoms with Crippen LogP contribution in [0, 0.1) is 11.6 Å². The summed E-state index contributed by atoms with van der Waals surface area (Å²) in [6.45, 7) is 0.322. The van der Waals surface area contributed by atoms with E-state index in [-0.39, 0.29) is 5.02 Å². The Balaban J connectivity index is 2.56. The van der Waals surface area contributed by atoms with Gasteiger partial charge in [-0.05, 0) is 23.8 Å². The van der Waals surface area contributed by atoms with Gasteiger partial charge in [-0.3, -0.25) is 4.98 Å². The molecule has 0 saturated carbocycles. The maximum Gasteiger partial charge on any atom is 0.160 e. The zero-order valence-corrected chi connectivity index (χ0v) is 9.51. The Hall–Kier alpha value is -1.52. The molecule has 2 rings (SSSR count). The van der Waals surface area contributed by atoms with Crippen molar-refractivity contribution in [2.75, 3.05) is 0 Å². The van der Waals surface area contributed by atoms with E-state index in [1.807, 2.05) is 0 Å². The number of halogens is 3. The van der Waals surface area contributed by atoms with E-state index in [1.165, 1.54) is 6.20 Å². The van der Waals surface area contributed by atoms with Gasteiger partial charge < -0.3 is 5.73 Å². The SMILES string of the molecule is NCc1cncc(-c2cc(F)c(F)cc2Cl)c1. The molecule has 1 aromatic heterocycles. The fourth-order valence-electron chi connectivity index (χ4n) is 1.49. The van der Waals surface area contributed by atoms with Crippen molar-refractivity contribution in [2.45, 2.75) is 6.54 Å². The molecular formula is C12H9ClF2N2. The van der Waals surface area contributed by atoms with Crippen LogP contribution in [0.3, 0.4) is 0 Å². The molecule has 88 valence electrons. The largest absolute Gasteiger partial charge is 0.326 e. The highest BCUT2D eigenvalue weighted by Gasteiger charge is 2.10. The Morgan fingerprint density at radius 3 is 2.53 bits per heavy atom. The minimum absolute atomic E-state index is 0.139. The summed E-state index contributed by atoms with van der Waals surface area (Å²) in [5.41, 5.74) is 7.28. The minimum atomic E-state index is -0.971. The highest BCUT2D eigenvalue weighted by Crippen LogP contribution is 2.29. The van der Waals surface area contributed by atoms with Gasteiger partial charge in [0.25, 0.3) is 0 Å². The average Bonchev–Trinajstić information content (AvgIpc) is 2.34. The number of pyridine rings is 1. The van der Waals surface area contributed by atoms with Crippen LogP contribution in [0.4, 0.5) is 8.78 Å². The molecule has 0 fully saturated rings. The second kappa shape index (κ2) is 4.77. The fourth-order valence-corrected chi connectivity index (χ4v) is 1.75. The summed E-state index contributed by atoms with van der Waals surface area (Å²) in [5, 5.41) is 0.139. The first-order valence-electron chi connectivity index (χ1n) is 4.90. The van der Waals surface area contributed by atoms with Crippen LogP contribution in [-0.2, 0) is 6.54 Å². The molecule has 0 radical (unpaired) electrons. The second-order valence-corrected chi connectivity index (χ2v) is 3.94. The van der Waals surface area contributed by atoms with Gasteiger partial charge in [0.15, 0.2) is 11.6 Å². The molecule has 0 amide bonds. The van der Waals surface area contributed by atoms with E-state index in [2.05, 4.69) is 4.98 Å². The molecule has 0 aliphatic rings. The lowest BCUT2D eigenvalue weighted by Gasteiger charge is -2.06. The summed E-state index contributed by atoms with van der Waals surface area (Å²) < 4.78 is 26.1. The van der Waals surface area contributed by atoms with Gasteiger partial charge in [0.05, 0.1) is 5.02 Å². The first kappa shape index (κ1) is 12.0. The fraction of sp³-hybridized carbons (Fsp3) is 0.0833. The maximum absolute atomic E-state index is 13.1. The molecule has 1 heterocycles. The van der Waals surface area contributed by atoms with Gasteiger partial charge in [-0.25, -0.2) is 8.78 Å². The van der Waals surface area contributed by atoms with Crippen LogP contribution in [0.1, 0.15) is 5.56 Å². The van der Waals surface area contributed by atoms with Crippen LogP contribution < -0.4 is 5.73 Å². The minimum Gasteiger partial charge on any atom is -0.326 e. The summed E-state index contributed by atoms with van der Waals surface area (Å²) in [6, 6.07) is 3.74. The molecule has 5 heteroatoms. The van der Waals surface area contributed by atoms with Crippen molar-refractivity contribution in [3.8, 4) is 11.1 Å². The van der Waals surface area contributed by atoms with Crippen molar-refractivity contribution >= 4 is 11.6 Å². The van der Waals surface area contributed by atoms with Crippen LogP contribution in [-0.4, -0.2) is 4.98 Å². The number of benzene rings is 1. The summed E-state index contributed by atoms with van der Waals surface area (Å²) in [6.07, 6.45) is 3.13. The Morgan fingerprint density at radius 2 is 1.82 bits per heavy atom. The monoisotopic (exact) mass is 254 g/mol. The highest BCUT2D eigenvalue weighted by molar-refractivity contribution is 6.33. The zero-order chi connectivity index (χ0) is 12.4. The number of nitrogens with zero attached hydrogens (tertiary/aromatic N) is 1. The van der Waals surface area contributed by atoms with Crippen LogP contribution in [0.25, 0.3) is 11.1 Å². The highest BCUT2D eigenvalue weighted by atomic mass is 35.5. The van der Waals surface area contributed by atoms with E-state index < -0.39 is 11.6 Å². The second-order valence-electron chi connectivity index (χ2n) is 3.53. The topological polar surface area (TPSA) is 38.9 Å². The van der Waals surface area contributed by atoms with Crippen molar-refractivity contribution < 1.29 is 8.78 Å². The standard InChI is InChI=1S/C12H9ClF2N2/c13-10-3-12(15)11(14)2-9(10)8-1-7(4-16)5-17-6-8/h1-3,5-6H,4,16H2. The van der Waals surface area contributed by atoms with Crippen molar-refractivity contribution in [1.29, 1.82) is 0 Å². The number of rotatable bonds is 2. The molecule has 1 aromatic carbocycles. The number of hydrogen-bond donors (Lipinski definition) is 1. The van der Waals surface area contributed by atoms with Gasteiger partial charge in [0, 0.05) is 30.1 Å². The average molecular weight is 255 g/mol. The van der Waals surface area contributed by atoms with Gasteiger partial charge in [0.1, 0.15) is 0 Å². The quantitative estimate of drug-likeness (QED) is 0.837. The van der Waals surface area contributed by atoms with Gasteiger partial charge in [0.2, 0.25) is 0 Å². The van der Waals surface area contributed by atoms with Gasteiger partial charge >= 0.3 is 0 Å². The molecule has 17 heavy (non-hydrogen) atoms. The Labute approximate surface area is 102 Å². The lowest BCUT2D eigenvalue weighted by atomic mass is 10.1. The summed E-state index contributed by atoms with van der Waals surface area (Å²) in [7, 11) is 0. The molecule has 2 aromatic rings. The van der Waals surface area contributed by atoms with E-state index in [0.717, 1.165) is 17.7 Å². The smallest absolute Gasteiger partial charge is 0.160 e. The Bertz CT molecular complexity index is 558. The summed E-state index contributed by atoms with van der Waals surface area (Å²) in [4.78, 5) is 3.97. The lowest BCUT2D eigenvalue weighted by Crippen LogP contribution is -1.97. The van der Waals surface area contributed by atoms with Crippen molar-refractivity contribution in [2.24, 2.45) is 5.73 Å². The van der Waals surface area contributed by atoms with E-state index in [1.54, 1.807) is 12.3 Å². The van der Waals surface area contributed by atoms with Crippen molar-refractivity contribution in [3.05, 3.63) is 52.8 Å². The van der Waals surface area contributed by atoms with Gasteiger partial charge in [-0.15, -0.1) is 0 Å². The van der Waals surface area contributed by atoms with Gasteiger partial charge in [-0.2, -0.15) is 0 Å². The van der Waals surface area contributed by atoms with Crippen LogP contribution in [0.5, 0.6) is 0 Å². The van der Waals surface area contributed by atoms with Crippen molar-refractivity contribution in [1.82, 2.24) is 4.98 Å². The van der Waals surface area contributed by atoms with E-state index in [4.69, 9.17) is 17.3 Å². The van der Waals surface area contributed by atoms with Crippen LogP contribution in [0.15, 0.2) is 30.6 Å². The van der Waals surface area contributed by atoms with Crippen LogP contribution >= 0.6 is 11.6 Å². The molecule has 2 nitrogen and oxygen atoms in total. The number of hydrogen-bond acceptors (Lipinski definition) is 2. The predicted molar refractivity (Wildman–Crippen MR) is 62.5 cm³/mol. The zero-order valence-electron chi connectivity index (χ0n) is 8.75. The summed E-state index contributed by atoms with van der Waals surface area (Å²) >= 11 is 5.87. The Kier molecular flexibility index (Phi) is 3.36. The normalized spacial score (nSPS) is 10.6. The molecule has 0 bridgehead atoms. The van der Waals surface area contributed by atoms with Crippen molar-refractivity contribution in [3.63, 3.8) is 0 Å². The predicted octanol–water partition coefficient (Wildman–Crippen LogP) is 3.14. The van der Waals surface area contributed by atoms with E-state index >= 15 is 0 Å². The first-order valence-corrected chi connectivity index (χ1v) is 5.28. The third-order valence-electron chi connectivity index (χ3n) is 2.35. The van der Waals surface area contributed by atoms with Crippen LogP contribution in [0.2, 0.25) is 5.02 Å².